The normalized spacial score (nSPS) is 15.9. The van der Waals surface area contributed by atoms with Crippen molar-refractivity contribution in [1.29, 1.82) is 5.26 Å². The predicted molar refractivity (Wildman–Crippen MR) is 107 cm³/mol. The van der Waals surface area contributed by atoms with Gasteiger partial charge in [-0.3, -0.25) is 14.4 Å². The van der Waals surface area contributed by atoms with Gasteiger partial charge in [0.15, 0.2) is 6.61 Å². The molecule has 1 saturated heterocycles. The second-order valence-electron chi connectivity index (χ2n) is 6.04. The first-order valence-corrected chi connectivity index (χ1v) is 10.5. The predicted octanol–water partition coefficient (Wildman–Crippen LogP) is 2.88. The van der Waals surface area contributed by atoms with E-state index in [9.17, 15) is 14.4 Å². The summed E-state index contributed by atoms with van der Waals surface area (Å²) in [6.07, 6.45) is 2.00. The number of thiophene rings is 1. The number of nitrogens with one attached hydrogen (secondary N) is 1. The summed E-state index contributed by atoms with van der Waals surface area (Å²) in [5.41, 5.74) is 1.10. The molecule has 0 unspecified atom stereocenters. The first kappa shape index (κ1) is 19.9. The van der Waals surface area contributed by atoms with Crippen molar-refractivity contribution in [2.45, 2.75) is 11.3 Å². The first-order chi connectivity index (χ1) is 13.5. The zero-order valence-corrected chi connectivity index (χ0v) is 16.6. The molecule has 0 saturated carbocycles. The van der Waals surface area contributed by atoms with Gasteiger partial charge in [-0.15, -0.1) is 23.1 Å². The molecule has 1 aromatic heterocycles. The number of hydrogen-bond acceptors (Lipinski definition) is 7. The molecule has 1 aromatic carbocycles. The number of thioether (sulfide) groups is 1. The van der Waals surface area contributed by atoms with Crippen molar-refractivity contribution in [2.24, 2.45) is 5.92 Å². The molecule has 7 nitrogen and oxygen atoms in total. The van der Waals surface area contributed by atoms with Crippen LogP contribution in [0.25, 0.3) is 0 Å². The van der Waals surface area contributed by atoms with Gasteiger partial charge < -0.3 is 15.0 Å². The highest BCUT2D eigenvalue weighted by molar-refractivity contribution is 7.98. The molecule has 1 atom stereocenters. The molecule has 2 aromatic rings. The lowest BCUT2D eigenvalue weighted by molar-refractivity contribution is -0.151. The largest absolute Gasteiger partial charge is 0.455 e. The molecule has 2 amide bonds. The van der Waals surface area contributed by atoms with Gasteiger partial charge in [-0.2, -0.15) is 5.26 Å². The summed E-state index contributed by atoms with van der Waals surface area (Å²) in [6.45, 7) is -0.241. The summed E-state index contributed by atoms with van der Waals surface area (Å²) < 4.78 is 5.08. The van der Waals surface area contributed by atoms with Gasteiger partial charge in [0.2, 0.25) is 5.91 Å². The van der Waals surface area contributed by atoms with E-state index in [2.05, 4.69) is 5.32 Å². The van der Waals surface area contributed by atoms with Crippen molar-refractivity contribution in [1.82, 2.24) is 0 Å². The smallest absolute Gasteiger partial charge is 0.311 e. The van der Waals surface area contributed by atoms with Crippen LogP contribution >= 0.6 is 23.1 Å². The van der Waals surface area contributed by atoms with Crippen LogP contribution in [0, 0.1) is 17.2 Å². The molecule has 1 aliphatic rings. The van der Waals surface area contributed by atoms with Crippen molar-refractivity contribution >= 4 is 51.6 Å². The number of nitrogens with zero attached hydrogens (tertiary/aromatic N) is 2. The Hall–Kier alpha value is -2.83. The highest BCUT2D eigenvalue weighted by Gasteiger charge is 2.36. The Morgan fingerprint density at radius 2 is 2.25 bits per heavy atom. The molecule has 0 spiro atoms. The maximum atomic E-state index is 12.3. The number of rotatable bonds is 6. The summed E-state index contributed by atoms with van der Waals surface area (Å²) in [6, 6.07) is 11.1. The van der Waals surface area contributed by atoms with Crippen molar-refractivity contribution < 1.29 is 19.1 Å². The molecule has 0 bridgehead atoms. The van der Waals surface area contributed by atoms with Crippen LogP contribution in [-0.2, 0) is 19.1 Å². The molecule has 2 heterocycles. The summed E-state index contributed by atoms with van der Waals surface area (Å²) in [5.74, 6) is -1.88. The third kappa shape index (κ3) is 4.52. The van der Waals surface area contributed by atoms with Gasteiger partial charge in [0.25, 0.3) is 5.91 Å². The standard InChI is InChI=1S/C19H17N3O4S2/c1-27-15-4-2-3-14(8-15)22-10-13(7-17(22)24)19(25)26-11-16(23)21-18-12(9-20)5-6-28-18/h2-6,8,13H,7,10-11H2,1H3,(H,21,23)/t13-/m1/s1. The molecule has 1 N–H and O–H groups in total. The lowest BCUT2D eigenvalue weighted by Crippen LogP contribution is -2.28. The summed E-state index contributed by atoms with van der Waals surface area (Å²) in [7, 11) is 0. The fourth-order valence-electron chi connectivity index (χ4n) is 2.80. The Morgan fingerprint density at radius 3 is 3.00 bits per heavy atom. The van der Waals surface area contributed by atoms with E-state index in [-0.39, 0.29) is 18.9 Å². The Balaban J connectivity index is 1.54. The number of nitriles is 1. The minimum absolute atomic E-state index is 0.0491. The Labute approximate surface area is 170 Å². The van der Waals surface area contributed by atoms with Crippen LogP contribution in [0.3, 0.4) is 0 Å². The molecule has 3 rings (SSSR count). The van der Waals surface area contributed by atoms with Gasteiger partial charge in [0.05, 0.1) is 11.5 Å². The van der Waals surface area contributed by atoms with Crippen LogP contribution in [0.4, 0.5) is 10.7 Å². The molecule has 9 heteroatoms. The number of carbonyl (C=O) groups is 3. The van der Waals surface area contributed by atoms with E-state index in [0.29, 0.717) is 10.6 Å². The van der Waals surface area contributed by atoms with Crippen molar-refractivity contribution in [3.05, 3.63) is 41.3 Å². The quantitative estimate of drug-likeness (QED) is 0.575. The second kappa shape index (κ2) is 8.91. The van der Waals surface area contributed by atoms with E-state index in [4.69, 9.17) is 10.00 Å². The van der Waals surface area contributed by atoms with Crippen molar-refractivity contribution in [3.8, 4) is 6.07 Å². The Morgan fingerprint density at radius 1 is 1.43 bits per heavy atom. The minimum atomic E-state index is -0.616. The maximum absolute atomic E-state index is 12.3. The van der Waals surface area contributed by atoms with E-state index in [1.54, 1.807) is 28.1 Å². The summed E-state index contributed by atoms with van der Waals surface area (Å²) in [5, 5.41) is 13.6. The fourth-order valence-corrected chi connectivity index (χ4v) is 4.01. The lowest BCUT2D eigenvalue weighted by atomic mass is 10.1. The van der Waals surface area contributed by atoms with Crippen LogP contribution in [0.5, 0.6) is 0 Å². The first-order valence-electron chi connectivity index (χ1n) is 8.40. The SMILES string of the molecule is CSc1cccc(N2C[C@H](C(=O)OCC(=O)Nc3sccc3C#N)CC2=O)c1. The van der Waals surface area contributed by atoms with E-state index in [1.165, 1.54) is 11.3 Å². The molecular formula is C19H17N3O4S2. The molecule has 0 aliphatic carbocycles. The number of ether oxygens (including phenoxy) is 1. The molecular weight excluding hydrogens is 398 g/mol. The van der Waals surface area contributed by atoms with Crippen molar-refractivity contribution in [2.75, 3.05) is 29.6 Å². The van der Waals surface area contributed by atoms with Gasteiger partial charge >= 0.3 is 5.97 Å². The topological polar surface area (TPSA) is 99.5 Å². The fraction of sp³-hybridized carbons (Fsp3) is 0.263. The van der Waals surface area contributed by atoms with Crippen LogP contribution in [0.2, 0.25) is 0 Å². The highest BCUT2D eigenvalue weighted by atomic mass is 32.2. The third-order valence-electron chi connectivity index (χ3n) is 4.21. The highest BCUT2D eigenvalue weighted by Crippen LogP contribution is 2.28. The van der Waals surface area contributed by atoms with E-state index in [1.807, 2.05) is 36.6 Å². The monoisotopic (exact) mass is 415 g/mol. The lowest BCUT2D eigenvalue weighted by Gasteiger charge is -2.17. The van der Waals surface area contributed by atoms with Crippen LogP contribution in [0.15, 0.2) is 40.6 Å². The van der Waals surface area contributed by atoms with Crippen LogP contribution in [-0.4, -0.2) is 37.2 Å². The van der Waals surface area contributed by atoms with Gasteiger partial charge in [-0.25, -0.2) is 0 Å². The molecule has 144 valence electrons. The van der Waals surface area contributed by atoms with E-state index < -0.39 is 24.4 Å². The van der Waals surface area contributed by atoms with Crippen LogP contribution in [0.1, 0.15) is 12.0 Å². The number of amides is 2. The average Bonchev–Trinajstić information content (AvgIpc) is 3.32. The number of carbonyl (C=O) groups excluding carboxylic acids is 3. The molecule has 1 aliphatic heterocycles. The van der Waals surface area contributed by atoms with Gasteiger partial charge in [0, 0.05) is 23.5 Å². The Kier molecular flexibility index (Phi) is 6.34. The zero-order chi connectivity index (χ0) is 20.1. The summed E-state index contributed by atoms with van der Waals surface area (Å²) in [4.78, 5) is 39.1. The number of anilines is 2. The van der Waals surface area contributed by atoms with Crippen LogP contribution < -0.4 is 10.2 Å². The Bertz CT molecular complexity index is 951. The van der Waals surface area contributed by atoms with Gasteiger partial charge in [-0.05, 0) is 35.9 Å². The van der Waals surface area contributed by atoms with E-state index in [0.717, 1.165) is 10.6 Å². The minimum Gasteiger partial charge on any atom is -0.455 e. The second-order valence-corrected chi connectivity index (χ2v) is 7.83. The van der Waals surface area contributed by atoms with Crippen molar-refractivity contribution in [3.63, 3.8) is 0 Å². The molecule has 1 fully saturated rings. The third-order valence-corrected chi connectivity index (χ3v) is 5.76. The maximum Gasteiger partial charge on any atom is 0.311 e. The molecule has 0 radical (unpaired) electrons. The number of hydrogen-bond donors (Lipinski definition) is 1. The number of benzene rings is 1. The van der Waals surface area contributed by atoms with Gasteiger partial charge in [-0.1, -0.05) is 6.07 Å². The zero-order valence-electron chi connectivity index (χ0n) is 15.0. The average molecular weight is 415 g/mol. The molecule has 28 heavy (non-hydrogen) atoms. The van der Waals surface area contributed by atoms with Gasteiger partial charge in [0.1, 0.15) is 11.1 Å². The van der Waals surface area contributed by atoms with E-state index >= 15 is 0 Å². The summed E-state index contributed by atoms with van der Waals surface area (Å²) >= 11 is 2.79. The number of esters is 1.